The molecule has 0 radical (unpaired) electrons. The van der Waals surface area contributed by atoms with Gasteiger partial charge in [-0.2, -0.15) is 0 Å². The molecule has 2 aliphatic carbocycles. The minimum atomic E-state index is -1.97. The third-order valence-electron chi connectivity index (χ3n) is 8.97. The van der Waals surface area contributed by atoms with Gasteiger partial charge in [0.15, 0.2) is 11.7 Å². The lowest BCUT2D eigenvalue weighted by molar-refractivity contribution is -0.238. The van der Waals surface area contributed by atoms with Crippen molar-refractivity contribution in [3.05, 3.63) is 0 Å². The van der Waals surface area contributed by atoms with Crippen molar-refractivity contribution in [1.29, 1.82) is 0 Å². The van der Waals surface area contributed by atoms with Crippen LogP contribution in [0.25, 0.3) is 0 Å². The summed E-state index contributed by atoms with van der Waals surface area (Å²) in [6, 6.07) is 0. The predicted octanol–water partition coefficient (Wildman–Crippen LogP) is -0.340. The predicted molar refractivity (Wildman–Crippen MR) is 90.6 cm³/mol. The van der Waals surface area contributed by atoms with Crippen LogP contribution >= 0.6 is 0 Å². The van der Waals surface area contributed by atoms with Crippen molar-refractivity contribution in [3.63, 3.8) is 0 Å². The zero-order chi connectivity index (χ0) is 20.9. The van der Waals surface area contributed by atoms with Gasteiger partial charge in [0.05, 0.1) is 16.7 Å². The molecule has 9 nitrogen and oxygen atoms in total. The molecule has 10 atom stereocenters. The molecule has 0 aromatic heterocycles. The molecule has 0 amide bonds. The van der Waals surface area contributed by atoms with E-state index in [-0.39, 0.29) is 17.8 Å². The molecule has 6 aliphatic rings. The Balaban J connectivity index is 1.68. The summed E-state index contributed by atoms with van der Waals surface area (Å²) in [7, 11) is 0. The summed E-state index contributed by atoms with van der Waals surface area (Å²) in [4.78, 5) is 38.1. The molecule has 2 saturated carbocycles. The van der Waals surface area contributed by atoms with Crippen molar-refractivity contribution in [3.8, 4) is 0 Å². The van der Waals surface area contributed by atoms with E-state index >= 15 is 0 Å². The largest absolute Gasteiger partial charge is 0.459 e. The van der Waals surface area contributed by atoms with Gasteiger partial charge in [-0.3, -0.25) is 4.79 Å². The van der Waals surface area contributed by atoms with Crippen LogP contribution < -0.4 is 0 Å². The first-order valence-electron chi connectivity index (χ1n) is 10.1. The zero-order valence-corrected chi connectivity index (χ0v) is 16.6. The molecule has 4 heterocycles. The lowest BCUT2D eigenvalue weighted by Gasteiger charge is -2.46. The topological polar surface area (TPSA) is 129 Å². The second-order valence-corrected chi connectivity index (χ2v) is 10.6. The van der Waals surface area contributed by atoms with E-state index in [1.165, 1.54) is 6.92 Å². The minimum Gasteiger partial charge on any atom is -0.459 e. The Hall–Kier alpha value is -1.71. The van der Waals surface area contributed by atoms with Gasteiger partial charge in [0.2, 0.25) is 11.9 Å². The first-order valence-corrected chi connectivity index (χ1v) is 10.1. The van der Waals surface area contributed by atoms with E-state index in [2.05, 4.69) is 0 Å². The molecule has 6 fully saturated rings. The van der Waals surface area contributed by atoms with Crippen LogP contribution in [0.2, 0.25) is 0 Å². The number of hydrogen-bond donors (Lipinski definition) is 2. The van der Waals surface area contributed by atoms with E-state index in [9.17, 15) is 24.6 Å². The number of rotatable bonds is 0. The summed E-state index contributed by atoms with van der Waals surface area (Å²) in [5, 5.41) is 23.0. The average molecular weight is 408 g/mol. The van der Waals surface area contributed by atoms with Gasteiger partial charge in [0.25, 0.3) is 0 Å². The molecule has 0 bridgehead atoms. The fraction of sp³-hybridized carbons (Fsp3) is 0.850. The molecule has 2 spiro atoms. The van der Waals surface area contributed by atoms with E-state index < -0.39 is 70.5 Å². The number of aliphatic hydroxyl groups is 2. The highest BCUT2D eigenvalue weighted by Crippen LogP contribution is 2.84. The number of carbonyl (C=O) groups is 3. The molecule has 29 heavy (non-hydrogen) atoms. The van der Waals surface area contributed by atoms with Gasteiger partial charge in [0, 0.05) is 6.42 Å². The Morgan fingerprint density at radius 3 is 2.38 bits per heavy atom. The van der Waals surface area contributed by atoms with Crippen LogP contribution in [-0.4, -0.2) is 63.9 Å². The van der Waals surface area contributed by atoms with E-state index in [4.69, 9.17) is 18.9 Å². The van der Waals surface area contributed by atoms with Gasteiger partial charge in [-0.1, -0.05) is 20.8 Å². The molecule has 9 heteroatoms. The first kappa shape index (κ1) is 18.1. The number of fused-ring (bicyclic) bond motifs is 1. The average Bonchev–Trinajstić information content (AvgIpc) is 3.31. The van der Waals surface area contributed by atoms with Gasteiger partial charge in [0.1, 0.15) is 12.2 Å². The van der Waals surface area contributed by atoms with Crippen molar-refractivity contribution in [1.82, 2.24) is 0 Å². The maximum Gasteiger partial charge on any atom is 0.342 e. The van der Waals surface area contributed by atoms with Crippen LogP contribution in [0.4, 0.5) is 0 Å². The fourth-order valence-electron chi connectivity index (χ4n) is 8.06. The van der Waals surface area contributed by atoms with Crippen LogP contribution in [0.1, 0.15) is 40.5 Å². The molecular weight excluding hydrogens is 384 g/mol. The summed E-state index contributed by atoms with van der Waals surface area (Å²) >= 11 is 0. The van der Waals surface area contributed by atoms with Crippen molar-refractivity contribution in [2.24, 2.45) is 28.1 Å². The molecule has 158 valence electrons. The number of carbonyl (C=O) groups excluding carboxylic acids is 3. The number of hydrogen-bond acceptors (Lipinski definition) is 9. The summed E-state index contributed by atoms with van der Waals surface area (Å²) in [5.74, 6) is -3.52. The maximum atomic E-state index is 13.3. The molecule has 0 aromatic carbocycles. The Kier molecular flexibility index (Phi) is 2.79. The number of esters is 3. The van der Waals surface area contributed by atoms with Gasteiger partial charge in [-0.05, 0) is 24.7 Å². The second kappa shape index (κ2) is 4.48. The van der Waals surface area contributed by atoms with Crippen molar-refractivity contribution >= 4 is 17.9 Å². The van der Waals surface area contributed by atoms with Gasteiger partial charge < -0.3 is 29.2 Å². The van der Waals surface area contributed by atoms with Crippen molar-refractivity contribution in [2.75, 3.05) is 0 Å². The van der Waals surface area contributed by atoms with Crippen molar-refractivity contribution < 1.29 is 43.5 Å². The molecular formula is C20H24O9. The second-order valence-electron chi connectivity index (χ2n) is 10.6. The quantitative estimate of drug-likeness (QED) is 0.408. The smallest absolute Gasteiger partial charge is 0.342 e. The molecule has 0 aromatic rings. The van der Waals surface area contributed by atoms with E-state index in [0.29, 0.717) is 6.42 Å². The molecule has 2 N–H and O–H groups in total. The molecule has 6 rings (SSSR count). The Labute approximate surface area is 166 Å². The van der Waals surface area contributed by atoms with Gasteiger partial charge in [-0.15, -0.1) is 0 Å². The first-order chi connectivity index (χ1) is 13.4. The van der Waals surface area contributed by atoms with Crippen LogP contribution in [0.3, 0.4) is 0 Å². The molecule has 0 unspecified atom stereocenters. The third-order valence-corrected chi connectivity index (χ3v) is 8.97. The lowest BCUT2D eigenvalue weighted by atomic mass is 9.51. The number of aliphatic hydroxyl groups excluding tert-OH is 1. The van der Waals surface area contributed by atoms with Gasteiger partial charge in [-0.25, -0.2) is 9.59 Å². The minimum absolute atomic E-state index is 0.0623. The SMILES string of the molecule is C[C@H]1C(=O)O[C@@H]2C[C@]34[C@@H]5C[C@H](C(C)(C)C)[C@]36[C@@H](OC(=O)[C@H]6O)O[C@]4(C(=O)O5)[C@@]21O. The lowest BCUT2D eigenvalue weighted by Crippen LogP contribution is -2.66. The highest BCUT2D eigenvalue weighted by molar-refractivity contribution is 5.93. The summed E-state index contributed by atoms with van der Waals surface area (Å²) in [6.07, 6.45) is -3.96. The highest BCUT2D eigenvalue weighted by atomic mass is 16.8. The molecule has 4 saturated heterocycles. The Morgan fingerprint density at radius 1 is 1.03 bits per heavy atom. The van der Waals surface area contributed by atoms with Crippen LogP contribution in [0.5, 0.6) is 0 Å². The van der Waals surface area contributed by atoms with Crippen molar-refractivity contribution in [2.45, 2.75) is 76.3 Å². The van der Waals surface area contributed by atoms with Crippen LogP contribution in [0.15, 0.2) is 0 Å². The van der Waals surface area contributed by atoms with Crippen LogP contribution in [0, 0.1) is 28.1 Å². The zero-order valence-electron chi connectivity index (χ0n) is 16.6. The summed E-state index contributed by atoms with van der Waals surface area (Å²) in [6.45, 7) is 7.47. The van der Waals surface area contributed by atoms with E-state index in [1.54, 1.807) is 0 Å². The normalized spacial score (nSPS) is 59.2. The summed E-state index contributed by atoms with van der Waals surface area (Å²) < 4.78 is 22.9. The monoisotopic (exact) mass is 408 g/mol. The fourth-order valence-corrected chi connectivity index (χ4v) is 8.06. The van der Waals surface area contributed by atoms with E-state index in [1.807, 2.05) is 20.8 Å². The van der Waals surface area contributed by atoms with Crippen LogP contribution in [-0.2, 0) is 33.3 Å². The highest BCUT2D eigenvalue weighted by Gasteiger charge is 3.01. The van der Waals surface area contributed by atoms with Gasteiger partial charge >= 0.3 is 17.9 Å². The van der Waals surface area contributed by atoms with E-state index in [0.717, 1.165) is 0 Å². The molecule has 4 aliphatic heterocycles. The standard InChI is InChI=1S/C20H24O9/c1-7-12(22)26-10-6-17-9-5-8(16(2,3)4)18(17)11(21)13(23)28-15(18)29-20(17,14(24)27-9)19(7,10)25/h7-11,15,21,25H,5-6H2,1-4H3/t7-,8+,9-,10+,11+,15-,17-,18-,19-,20-/m0/s1. The summed E-state index contributed by atoms with van der Waals surface area (Å²) in [5.41, 5.74) is -6.81. The third kappa shape index (κ3) is 1.35. The Morgan fingerprint density at radius 2 is 1.72 bits per heavy atom. The number of ether oxygens (including phenoxy) is 4. The Bertz CT molecular complexity index is 893. The maximum absolute atomic E-state index is 13.3.